The summed E-state index contributed by atoms with van der Waals surface area (Å²) >= 11 is 0. The highest BCUT2D eigenvalue weighted by Gasteiger charge is 2.50. The van der Waals surface area contributed by atoms with Crippen LogP contribution in [0.15, 0.2) is 12.3 Å². The molecule has 0 spiro atoms. The highest BCUT2D eigenvalue weighted by atomic mass is 15.3. The van der Waals surface area contributed by atoms with Gasteiger partial charge in [0.1, 0.15) is 0 Å². The molecule has 0 unspecified atom stereocenters. The minimum absolute atomic E-state index is 0.379. The minimum Gasteiger partial charge on any atom is -0.369 e. The zero-order valence-corrected chi connectivity index (χ0v) is 10.0. The third-order valence-electron chi connectivity index (χ3n) is 3.46. The van der Waals surface area contributed by atoms with Crippen LogP contribution in [0.1, 0.15) is 47.0 Å². The Kier molecular flexibility index (Phi) is 2.17. The molecular weight excluding hydrogens is 170 g/mol. The molecular formula is C13H23N. The molecule has 14 heavy (non-hydrogen) atoms. The molecule has 0 amide bonds. The van der Waals surface area contributed by atoms with E-state index in [1.165, 1.54) is 18.5 Å². The monoisotopic (exact) mass is 193 g/mol. The first kappa shape index (κ1) is 10.1. The van der Waals surface area contributed by atoms with Crippen LogP contribution >= 0.6 is 0 Å². The van der Waals surface area contributed by atoms with E-state index < -0.39 is 0 Å². The maximum absolute atomic E-state index is 4.28. The van der Waals surface area contributed by atoms with Gasteiger partial charge in [0.25, 0.3) is 0 Å². The van der Waals surface area contributed by atoms with Crippen molar-refractivity contribution >= 4 is 0 Å². The van der Waals surface area contributed by atoms with E-state index in [1.807, 2.05) is 0 Å². The summed E-state index contributed by atoms with van der Waals surface area (Å²) in [5.74, 6) is 1.00. The van der Waals surface area contributed by atoms with E-state index in [9.17, 15) is 0 Å². The summed E-state index contributed by atoms with van der Waals surface area (Å²) in [5, 5.41) is 0. The maximum Gasteiger partial charge on any atom is 0.0322 e. The Labute approximate surface area is 88.2 Å². The number of nitrogens with zero attached hydrogens (tertiary/aromatic N) is 1. The average Bonchev–Trinajstić information content (AvgIpc) is 2.58. The second kappa shape index (κ2) is 3.01. The van der Waals surface area contributed by atoms with Crippen molar-refractivity contribution < 1.29 is 0 Å². The smallest absolute Gasteiger partial charge is 0.0322 e. The van der Waals surface area contributed by atoms with Crippen LogP contribution in [-0.4, -0.2) is 17.0 Å². The first-order valence-corrected chi connectivity index (χ1v) is 5.84. The summed E-state index contributed by atoms with van der Waals surface area (Å²) in [7, 11) is 0. The number of piperidine rings is 1. The fourth-order valence-electron chi connectivity index (χ4n) is 2.95. The van der Waals surface area contributed by atoms with Crippen LogP contribution in [-0.2, 0) is 0 Å². The molecule has 0 radical (unpaired) electrons. The molecule has 1 saturated heterocycles. The van der Waals surface area contributed by atoms with Gasteiger partial charge < -0.3 is 4.90 Å². The molecule has 2 rings (SSSR count). The number of hydrogen-bond donors (Lipinski definition) is 0. The zero-order valence-electron chi connectivity index (χ0n) is 10.0. The predicted octanol–water partition coefficient (Wildman–Crippen LogP) is 3.42. The molecule has 1 aliphatic carbocycles. The lowest BCUT2D eigenvalue weighted by atomic mass is 9.90. The van der Waals surface area contributed by atoms with Gasteiger partial charge in [-0.1, -0.05) is 27.4 Å². The molecule has 1 heteroatoms. The molecule has 0 aromatic heterocycles. The molecule has 2 aliphatic rings. The Morgan fingerprint density at radius 2 is 2.00 bits per heavy atom. The van der Waals surface area contributed by atoms with Gasteiger partial charge in [0.05, 0.1) is 0 Å². The van der Waals surface area contributed by atoms with Crippen LogP contribution in [0, 0.1) is 11.3 Å². The van der Waals surface area contributed by atoms with E-state index in [2.05, 4.69) is 39.2 Å². The van der Waals surface area contributed by atoms with Crippen LogP contribution in [0.3, 0.4) is 0 Å². The summed E-state index contributed by atoms with van der Waals surface area (Å²) in [4.78, 5) is 2.59. The van der Waals surface area contributed by atoms with E-state index >= 15 is 0 Å². The highest BCUT2D eigenvalue weighted by Crippen LogP contribution is 2.50. The molecule has 1 saturated carbocycles. The predicted molar refractivity (Wildman–Crippen MR) is 61.0 cm³/mol. The van der Waals surface area contributed by atoms with Crippen LogP contribution < -0.4 is 0 Å². The summed E-state index contributed by atoms with van der Waals surface area (Å²) in [6.45, 7) is 13.5. The maximum atomic E-state index is 4.28. The van der Waals surface area contributed by atoms with Gasteiger partial charge in [-0.15, -0.1) is 0 Å². The van der Waals surface area contributed by atoms with Gasteiger partial charge in [-0.25, -0.2) is 0 Å². The molecule has 0 aromatic carbocycles. The molecule has 3 atom stereocenters. The second-order valence-electron chi connectivity index (χ2n) is 6.36. The van der Waals surface area contributed by atoms with Crippen LogP contribution in [0.25, 0.3) is 0 Å². The fraction of sp³-hybridized carbons (Fsp3) is 0.846. The first-order chi connectivity index (χ1) is 6.38. The van der Waals surface area contributed by atoms with Crippen molar-refractivity contribution in [3.8, 4) is 0 Å². The lowest BCUT2D eigenvalue weighted by molar-refractivity contribution is 0.256. The van der Waals surface area contributed by atoms with Crippen molar-refractivity contribution in [1.82, 2.24) is 4.90 Å². The second-order valence-corrected chi connectivity index (χ2v) is 6.36. The third kappa shape index (κ3) is 1.82. The van der Waals surface area contributed by atoms with Gasteiger partial charge >= 0.3 is 0 Å². The van der Waals surface area contributed by atoms with E-state index in [0.29, 0.717) is 5.41 Å². The van der Waals surface area contributed by atoms with Crippen molar-refractivity contribution in [2.75, 3.05) is 0 Å². The minimum atomic E-state index is 0.379. The molecule has 80 valence electrons. The topological polar surface area (TPSA) is 3.24 Å². The van der Waals surface area contributed by atoms with Crippen LogP contribution in [0.5, 0.6) is 0 Å². The first-order valence-electron chi connectivity index (χ1n) is 5.84. The Balaban J connectivity index is 1.98. The van der Waals surface area contributed by atoms with Crippen LogP contribution in [0.2, 0.25) is 0 Å². The molecule has 0 aromatic rings. The van der Waals surface area contributed by atoms with Crippen molar-refractivity contribution in [2.45, 2.75) is 59.0 Å². The van der Waals surface area contributed by atoms with Crippen molar-refractivity contribution in [3.63, 3.8) is 0 Å². The number of likely N-dealkylation sites (tertiary alicyclic amines) is 1. The third-order valence-corrected chi connectivity index (χ3v) is 3.46. The number of rotatable bonds is 2. The average molecular weight is 193 g/mol. The summed E-state index contributed by atoms with van der Waals surface area (Å²) in [6, 6.07) is 1.61. The van der Waals surface area contributed by atoms with E-state index in [4.69, 9.17) is 0 Å². The van der Waals surface area contributed by atoms with Gasteiger partial charge in [-0.05, 0) is 37.5 Å². The van der Waals surface area contributed by atoms with Crippen molar-refractivity contribution in [1.29, 1.82) is 0 Å². The van der Waals surface area contributed by atoms with Gasteiger partial charge in [-0.2, -0.15) is 0 Å². The van der Waals surface area contributed by atoms with Gasteiger partial charge in [0.2, 0.25) is 0 Å². The quantitative estimate of drug-likeness (QED) is 0.649. The molecule has 2 fully saturated rings. The van der Waals surface area contributed by atoms with Crippen molar-refractivity contribution in [2.24, 2.45) is 11.3 Å². The van der Waals surface area contributed by atoms with Gasteiger partial charge in [0.15, 0.2) is 0 Å². The normalized spacial score (nSPS) is 35.7. The zero-order chi connectivity index (χ0) is 10.5. The van der Waals surface area contributed by atoms with E-state index in [-0.39, 0.29) is 0 Å². The standard InChI is InChI=1S/C13H23N/c1-9-6-11-7-12(11)14(9)10(2)8-13(3,4)5/h9,11-12H,2,6-8H2,1,3-5H3/t9-,11-,12+/m1/s1. The number of fused-ring (bicyclic) bond motifs is 1. The molecule has 1 aliphatic heterocycles. The highest BCUT2D eigenvalue weighted by molar-refractivity contribution is 5.14. The Morgan fingerprint density at radius 1 is 1.36 bits per heavy atom. The van der Waals surface area contributed by atoms with E-state index in [1.54, 1.807) is 0 Å². The molecule has 1 nitrogen and oxygen atoms in total. The largest absolute Gasteiger partial charge is 0.369 e. The summed E-state index contributed by atoms with van der Waals surface area (Å²) < 4.78 is 0. The lowest BCUT2D eigenvalue weighted by Gasteiger charge is -2.32. The molecule has 1 heterocycles. The Bertz CT molecular complexity index is 246. The molecule has 0 N–H and O–H groups in total. The lowest BCUT2D eigenvalue weighted by Crippen LogP contribution is -2.31. The Morgan fingerprint density at radius 3 is 2.43 bits per heavy atom. The van der Waals surface area contributed by atoms with Crippen LogP contribution in [0.4, 0.5) is 0 Å². The van der Waals surface area contributed by atoms with Crippen molar-refractivity contribution in [3.05, 3.63) is 12.3 Å². The van der Waals surface area contributed by atoms with Gasteiger partial charge in [0, 0.05) is 17.8 Å². The van der Waals surface area contributed by atoms with Gasteiger partial charge in [-0.3, -0.25) is 0 Å². The summed E-state index contributed by atoms with van der Waals surface area (Å²) in [5.41, 5.74) is 1.75. The van der Waals surface area contributed by atoms with E-state index in [0.717, 1.165) is 24.4 Å². The fourth-order valence-corrected chi connectivity index (χ4v) is 2.95. The molecule has 0 bridgehead atoms. The summed E-state index contributed by atoms with van der Waals surface area (Å²) in [6.07, 6.45) is 3.96. The Hall–Kier alpha value is -0.460. The SMILES string of the molecule is C=C(CC(C)(C)C)N1[C@H](C)C[C@@H]2C[C@@H]21. The number of allylic oxidation sites excluding steroid dienone is 1. The number of hydrogen-bond acceptors (Lipinski definition) is 1.